The maximum Gasteiger partial charge on any atom is 0.113 e. The second-order valence-corrected chi connectivity index (χ2v) is 6.60. The van der Waals surface area contributed by atoms with Crippen LogP contribution in [0.25, 0.3) is 0 Å². The largest absolute Gasteiger partial charge is 0.371 e. The second kappa shape index (κ2) is 6.50. The lowest BCUT2D eigenvalue weighted by Crippen LogP contribution is -2.35. The average molecular weight is 325 g/mol. The third kappa shape index (κ3) is 3.12. The summed E-state index contributed by atoms with van der Waals surface area (Å²) >= 11 is 1.64. The summed E-state index contributed by atoms with van der Waals surface area (Å²) in [6.07, 6.45) is 10.1. The van der Waals surface area contributed by atoms with Crippen molar-refractivity contribution in [3.8, 4) is 0 Å². The van der Waals surface area contributed by atoms with Crippen molar-refractivity contribution in [1.82, 2.24) is 19.5 Å². The number of thiazole rings is 1. The van der Waals surface area contributed by atoms with Gasteiger partial charge in [-0.1, -0.05) is 0 Å². The molecule has 3 aromatic heterocycles. The minimum atomic E-state index is 0.463. The Labute approximate surface area is 139 Å². The second-order valence-electron chi connectivity index (χ2n) is 5.88. The molecule has 1 fully saturated rings. The summed E-state index contributed by atoms with van der Waals surface area (Å²) in [6.45, 7) is 2.93. The van der Waals surface area contributed by atoms with Gasteiger partial charge in [0, 0.05) is 54.9 Å². The van der Waals surface area contributed by atoms with Crippen LogP contribution >= 0.6 is 11.3 Å². The number of pyridine rings is 1. The van der Waals surface area contributed by atoms with E-state index in [0.717, 1.165) is 25.3 Å². The first-order valence-electron chi connectivity index (χ1n) is 7.93. The van der Waals surface area contributed by atoms with E-state index in [0.29, 0.717) is 5.92 Å². The lowest BCUT2D eigenvalue weighted by atomic mass is 9.96. The first-order chi connectivity index (χ1) is 11.4. The fraction of sp³-hybridized carbons (Fsp3) is 0.353. The van der Waals surface area contributed by atoms with Gasteiger partial charge in [0.05, 0.1) is 17.7 Å². The smallest absolute Gasteiger partial charge is 0.113 e. The third-order valence-electron chi connectivity index (χ3n) is 4.38. The molecular formula is C17H19N5S. The van der Waals surface area contributed by atoms with E-state index in [1.165, 1.54) is 24.4 Å². The molecule has 0 radical (unpaired) electrons. The van der Waals surface area contributed by atoms with Crippen molar-refractivity contribution in [2.24, 2.45) is 0 Å². The van der Waals surface area contributed by atoms with Crippen LogP contribution in [-0.2, 0) is 6.54 Å². The summed E-state index contributed by atoms with van der Waals surface area (Å²) in [5.74, 6) is 1.64. The zero-order valence-electron chi connectivity index (χ0n) is 12.9. The third-order valence-corrected chi connectivity index (χ3v) is 5.01. The fourth-order valence-corrected chi connectivity index (χ4v) is 3.83. The molecule has 1 aliphatic rings. The van der Waals surface area contributed by atoms with Gasteiger partial charge in [-0.3, -0.25) is 4.98 Å². The van der Waals surface area contributed by atoms with Crippen LogP contribution < -0.4 is 4.90 Å². The molecule has 5 nitrogen and oxygen atoms in total. The average Bonchev–Trinajstić information content (AvgIpc) is 3.28. The molecule has 0 saturated carbocycles. The molecule has 0 N–H and O–H groups in total. The van der Waals surface area contributed by atoms with Crippen molar-refractivity contribution in [2.45, 2.75) is 25.3 Å². The molecule has 6 heteroatoms. The molecule has 1 saturated heterocycles. The van der Waals surface area contributed by atoms with Gasteiger partial charge in [0.2, 0.25) is 0 Å². The Morgan fingerprint density at radius 2 is 2.09 bits per heavy atom. The van der Waals surface area contributed by atoms with Gasteiger partial charge in [-0.15, -0.1) is 11.3 Å². The highest BCUT2D eigenvalue weighted by atomic mass is 32.1. The van der Waals surface area contributed by atoms with E-state index in [-0.39, 0.29) is 0 Å². The van der Waals surface area contributed by atoms with E-state index in [4.69, 9.17) is 0 Å². The number of nitrogens with zero attached hydrogens (tertiary/aromatic N) is 5. The Hall–Kier alpha value is -2.21. The van der Waals surface area contributed by atoms with Crippen LogP contribution in [0, 0.1) is 0 Å². The molecule has 3 aromatic rings. The SMILES string of the molecule is c1cc(N2CCC[C@H](c3nccn3Cc3cscn3)C2)ccn1. The van der Waals surface area contributed by atoms with Crippen LogP contribution in [0.3, 0.4) is 0 Å². The van der Waals surface area contributed by atoms with Crippen molar-refractivity contribution in [3.63, 3.8) is 0 Å². The van der Waals surface area contributed by atoms with Crippen molar-refractivity contribution in [3.05, 3.63) is 59.3 Å². The number of hydrogen-bond acceptors (Lipinski definition) is 5. The van der Waals surface area contributed by atoms with E-state index in [1.807, 2.05) is 24.1 Å². The van der Waals surface area contributed by atoms with Gasteiger partial charge < -0.3 is 9.47 Å². The fourth-order valence-electron chi connectivity index (χ4n) is 3.28. The molecule has 118 valence electrons. The number of hydrogen-bond donors (Lipinski definition) is 0. The molecular weight excluding hydrogens is 306 g/mol. The first-order valence-corrected chi connectivity index (χ1v) is 8.87. The van der Waals surface area contributed by atoms with E-state index < -0.39 is 0 Å². The molecule has 1 atom stereocenters. The van der Waals surface area contributed by atoms with E-state index in [1.54, 1.807) is 11.3 Å². The Balaban J connectivity index is 1.53. The topological polar surface area (TPSA) is 46.8 Å². The maximum absolute atomic E-state index is 4.65. The van der Waals surface area contributed by atoms with Gasteiger partial charge in [0.1, 0.15) is 5.82 Å². The molecule has 0 aliphatic carbocycles. The monoisotopic (exact) mass is 325 g/mol. The maximum atomic E-state index is 4.65. The summed E-state index contributed by atoms with van der Waals surface area (Å²) in [4.78, 5) is 15.6. The molecule has 1 aliphatic heterocycles. The van der Waals surface area contributed by atoms with E-state index in [9.17, 15) is 0 Å². The minimum absolute atomic E-state index is 0.463. The molecule has 0 amide bonds. The molecule has 0 spiro atoms. The number of rotatable bonds is 4. The van der Waals surface area contributed by atoms with E-state index >= 15 is 0 Å². The summed E-state index contributed by atoms with van der Waals surface area (Å²) < 4.78 is 2.25. The molecule has 0 aromatic carbocycles. The predicted molar refractivity (Wildman–Crippen MR) is 91.9 cm³/mol. The van der Waals surface area contributed by atoms with Crippen LogP contribution in [0.4, 0.5) is 5.69 Å². The highest BCUT2D eigenvalue weighted by Gasteiger charge is 2.25. The molecule has 4 rings (SSSR count). The Bertz CT molecular complexity index is 737. The van der Waals surface area contributed by atoms with Gasteiger partial charge in [0.25, 0.3) is 0 Å². The summed E-state index contributed by atoms with van der Waals surface area (Å²) in [5, 5.41) is 2.11. The van der Waals surface area contributed by atoms with Crippen molar-refractivity contribution >= 4 is 17.0 Å². The lowest BCUT2D eigenvalue weighted by molar-refractivity contribution is 0.476. The number of piperidine rings is 1. The molecule has 0 unspecified atom stereocenters. The minimum Gasteiger partial charge on any atom is -0.371 e. The van der Waals surface area contributed by atoms with Crippen LogP contribution in [0.5, 0.6) is 0 Å². The summed E-state index contributed by atoms with van der Waals surface area (Å²) in [5.41, 5.74) is 4.25. The van der Waals surface area contributed by atoms with Crippen LogP contribution in [0.1, 0.15) is 30.3 Å². The lowest BCUT2D eigenvalue weighted by Gasteiger charge is -2.34. The predicted octanol–water partition coefficient (Wildman–Crippen LogP) is 3.17. The summed E-state index contributed by atoms with van der Waals surface area (Å²) in [6, 6.07) is 4.17. The number of aromatic nitrogens is 4. The van der Waals surface area contributed by atoms with Crippen LogP contribution in [0.2, 0.25) is 0 Å². The van der Waals surface area contributed by atoms with Gasteiger partial charge in [-0.05, 0) is 25.0 Å². The quantitative estimate of drug-likeness (QED) is 0.739. The highest BCUT2D eigenvalue weighted by molar-refractivity contribution is 7.07. The molecule has 4 heterocycles. The molecule has 0 bridgehead atoms. The zero-order chi connectivity index (χ0) is 15.5. The van der Waals surface area contributed by atoms with Gasteiger partial charge in [0.15, 0.2) is 0 Å². The van der Waals surface area contributed by atoms with Gasteiger partial charge >= 0.3 is 0 Å². The number of anilines is 1. The van der Waals surface area contributed by atoms with Crippen molar-refractivity contribution in [2.75, 3.05) is 18.0 Å². The number of imidazole rings is 1. The van der Waals surface area contributed by atoms with Gasteiger partial charge in [-0.2, -0.15) is 0 Å². The Morgan fingerprint density at radius 3 is 2.91 bits per heavy atom. The standard InChI is InChI=1S/C17H19N5S/c1-2-14(10-21(8-1)16-3-5-18-6-4-16)17-19-7-9-22(17)11-15-12-23-13-20-15/h3-7,9,12-14H,1-2,8,10-11H2/t14-/m0/s1. The Morgan fingerprint density at radius 1 is 1.17 bits per heavy atom. The normalized spacial score (nSPS) is 18.3. The first kappa shape index (κ1) is 14.4. The van der Waals surface area contributed by atoms with Crippen molar-refractivity contribution in [1.29, 1.82) is 0 Å². The summed E-state index contributed by atoms with van der Waals surface area (Å²) in [7, 11) is 0. The van der Waals surface area contributed by atoms with Crippen molar-refractivity contribution < 1.29 is 0 Å². The molecule has 23 heavy (non-hydrogen) atoms. The van der Waals surface area contributed by atoms with E-state index in [2.05, 4.69) is 48.1 Å². The van der Waals surface area contributed by atoms with Crippen LogP contribution in [0.15, 0.2) is 47.8 Å². The van der Waals surface area contributed by atoms with Crippen LogP contribution in [-0.4, -0.2) is 32.6 Å². The highest BCUT2D eigenvalue weighted by Crippen LogP contribution is 2.29. The van der Waals surface area contributed by atoms with Gasteiger partial charge in [-0.25, -0.2) is 9.97 Å². The Kier molecular flexibility index (Phi) is 4.06. The zero-order valence-corrected chi connectivity index (χ0v) is 13.7.